The minimum Gasteiger partial charge on any atom is -1.00 e. The second-order valence-corrected chi connectivity index (χ2v) is 21.6. The van der Waals surface area contributed by atoms with Crippen molar-refractivity contribution in [2.75, 3.05) is 44.9 Å². The number of carbonyl (C=O) groups is 1. The summed E-state index contributed by atoms with van der Waals surface area (Å²) in [5.41, 5.74) is 10.7. The number of aryl methyl sites for hydroxylation is 2. The van der Waals surface area contributed by atoms with Gasteiger partial charge in [-0.15, -0.1) is 0 Å². The number of nitriles is 2. The summed E-state index contributed by atoms with van der Waals surface area (Å²) in [5.74, 6) is 0.469. The number of alkyl halides is 1. The number of halogens is 6. The summed E-state index contributed by atoms with van der Waals surface area (Å²) in [6.07, 6.45) is 6.57. The molecule has 0 radical (unpaired) electrons. The maximum Gasteiger partial charge on any atom is 1.00 e. The minimum absolute atomic E-state index is 0. The fourth-order valence-electron chi connectivity index (χ4n) is 4.88. The molecule has 0 saturated heterocycles. The van der Waals surface area contributed by atoms with Gasteiger partial charge in [0.05, 0.1) is 23.2 Å². The normalized spacial score (nSPS) is 10.2. The van der Waals surface area contributed by atoms with Crippen LogP contribution < -0.4 is 130 Å². The van der Waals surface area contributed by atoms with Crippen LogP contribution >= 0.6 is 80.9 Å². The third-order valence-electron chi connectivity index (χ3n) is 7.36. The Kier molecular flexibility index (Phi) is 27.7. The average Bonchev–Trinajstić information content (AvgIpc) is 3.79. The summed E-state index contributed by atoms with van der Waals surface area (Å²) in [7, 11) is -2.59. The largest absolute Gasteiger partial charge is 1.00 e. The van der Waals surface area contributed by atoms with Gasteiger partial charge in [0.1, 0.15) is 37.4 Å². The van der Waals surface area contributed by atoms with Crippen LogP contribution in [0.25, 0.3) is 22.3 Å². The van der Waals surface area contributed by atoms with Gasteiger partial charge in [0, 0.05) is 66.3 Å². The minimum atomic E-state index is -2.65. The predicted octanol–water partition coefficient (Wildman–Crippen LogP) is 1.63. The van der Waals surface area contributed by atoms with Crippen molar-refractivity contribution in [1.29, 1.82) is 10.5 Å². The van der Waals surface area contributed by atoms with Crippen LogP contribution in [0.15, 0.2) is 70.1 Å². The molecule has 0 spiro atoms. The molecule has 3 N–H and O–H groups in total. The molecule has 63 heavy (non-hydrogen) atoms. The van der Waals surface area contributed by atoms with Crippen LogP contribution in [0, 0.1) is 22.7 Å². The summed E-state index contributed by atoms with van der Waals surface area (Å²) < 4.78 is 45.1. The number of anilines is 3. The van der Waals surface area contributed by atoms with Crippen LogP contribution in [0.5, 0.6) is 0 Å². The first kappa shape index (κ1) is 59.5. The number of hydrogen-bond donors (Lipinski definition) is 2. The van der Waals surface area contributed by atoms with Crippen LogP contribution in [-0.4, -0.2) is 79.8 Å². The van der Waals surface area contributed by atoms with Crippen molar-refractivity contribution in [2.24, 2.45) is 14.1 Å². The fourth-order valence-corrected chi connectivity index (χ4v) is 8.11. The molecule has 0 aliphatic carbocycles. The molecule has 0 amide bonds. The Morgan fingerprint density at radius 1 is 0.873 bits per heavy atom. The van der Waals surface area contributed by atoms with E-state index in [1.165, 1.54) is 12.4 Å². The second-order valence-electron chi connectivity index (χ2n) is 12.5. The average molecular weight is 1140 g/mol. The first-order valence-electron chi connectivity index (χ1n) is 17.1. The van der Waals surface area contributed by atoms with Gasteiger partial charge in [-0.05, 0) is 117 Å². The molecule has 0 saturated carbocycles. The second kappa shape index (κ2) is 29.3. The van der Waals surface area contributed by atoms with Gasteiger partial charge in [0.25, 0.3) is 6.47 Å². The quantitative estimate of drug-likeness (QED) is 0.0337. The summed E-state index contributed by atoms with van der Waals surface area (Å²) in [6.45, 7) is 6.55. The number of nitrogen functional groups attached to an aromatic ring is 1. The number of nitrogens with two attached hydrogens (primary N) is 1. The molecule has 0 unspecified atom stereocenters. The van der Waals surface area contributed by atoms with E-state index in [2.05, 4.69) is 84.3 Å². The van der Waals surface area contributed by atoms with E-state index in [0.29, 0.717) is 58.9 Å². The van der Waals surface area contributed by atoms with Crippen molar-refractivity contribution in [3.8, 4) is 34.4 Å². The van der Waals surface area contributed by atoms with Crippen molar-refractivity contribution in [1.82, 2.24) is 39.5 Å². The van der Waals surface area contributed by atoms with E-state index in [-0.39, 0.29) is 121 Å². The molecule has 324 valence electrons. The topological polar surface area (TPSA) is 256 Å². The van der Waals surface area contributed by atoms with Crippen LogP contribution in [0.4, 0.5) is 21.6 Å². The molecule has 0 bridgehead atoms. The van der Waals surface area contributed by atoms with Crippen molar-refractivity contribution in [3.05, 3.63) is 97.2 Å². The van der Waals surface area contributed by atoms with Crippen LogP contribution in [0.1, 0.15) is 14.2 Å². The van der Waals surface area contributed by atoms with E-state index >= 15 is 0 Å². The Labute approximate surface area is 482 Å². The number of benzene rings is 2. The van der Waals surface area contributed by atoms with E-state index in [1.54, 1.807) is 80.7 Å². The molecule has 2 aromatic carbocycles. The number of aromatic nitrogens is 8. The Morgan fingerprint density at radius 3 is 1.71 bits per heavy atom. The van der Waals surface area contributed by atoms with Gasteiger partial charge in [-0.2, -0.15) is 25.7 Å². The van der Waals surface area contributed by atoms with Gasteiger partial charge in [-0.1, -0.05) is 23.7 Å². The summed E-state index contributed by atoms with van der Waals surface area (Å²) in [4.78, 5) is 26.6. The predicted molar refractivity (Wildman–Crippen MR) is 242 cm³/mol. The number of hydrogen-bond acceptors (Lipinski definition) is 15. The van der Waals surface area contributed by atoms with Crippen molar-refractivity contribution in [3.63, 3.8) is 0 Å². The summed E-state index contributed by atoms with van der Waals surface area (Å²) in [5, 5.41) is 40.0. The Bertz CT molecular complexity index is 2710. The van der Waals surface area contributed by atoms with Crippen LogP contribution in [0.3, 0.4) is 0 Å². The maximum absolute atomic E-state index is 12.9. The zero-order chi connectivity index (χ0) is 46.9. The number of rotatable bonds is 7. The van der Waals surface area contributed by atoms with E-state index in [0.717, 1.165) is 16.7 Å². The molecule has 0 atom stereocenters. The van der Waals surface area contributed by atoms with E-state index in [9.17, 15) is 18.8 Å². The van der Waals surface area contributed by atoms with E-state index in [4.69, 9.17) is 57.2 Å². The van der Waals surface area contributed by atoms with Gasteiger partial charge in [0.15, 0.2) is 11.4 Å². The van der Waals surface area contributed by atoms with Gasteiger partial charge in [0.2, 0.25) is 10.6 Å². The van der Waals surface area contributed by atoms with Crippen LogP contribution in [0.2, 0.25) is 15.7 Å². The summed E-state index contributed by atoms with van der Waals surface area (Å²) in [6, 6.07) is 14.9. The molecule has 0 aliphatic heterocycles. The third kappa shape index (κ3) is 19.3. The van der Waals surface area contributed by atoms with E-state index in [1.807, 2.05) is 18.2 Å². The number of nitrogens with one attached hydrogen (secondary N) is 1. The van der Waals surface area contributed by atoms with Crippen molar-refractivity contribution >= 4 is 115 Å². The monoisotopic (exact) mass is 1140 g/mol. The smallest absolute Gasteiger partial charge is 1.00 e. The standard InChI is InChI=1S/C17H15BrClN6OP.C13H15N4OP.C4HBrCl2N2.CH3F.CH2O3.2K.H/c1-25-9-11(14(7-20)24-25)10-4-5-13(15(6-10)27(2,3)26)22-16-12(18)8-21-17(19)23-16;1-17-8-10(12(7-14)16-17)9-4-5-11(15)13(6-9)19(2,3)18;5-2-1-8-4(7)9-3(2)6;1-2;2-1-4-3;;;/h4-6,8-9H,1-3H3,(H,21,22,23);4-6,8H,15H2,1-3H3;1H;1H3;1,3H;;;/q;;;;;2*+1;-1/p-1/i;;;1D;;;;. The van der Waals surface area contributed by atoms with Crippen LogP contribution in [-0.2, 0) is 32.9 Å². The Morgan fingerprint density at radius 2 is 1.30 bits per heavy atom. The maximum atomic E-state index is 12.9. The molecule has 4 aromatic heterocycles. The molecule has 6 aromatic rings. The molecular weight excluding hydrogens is 1110 g/mol. The van der Waals surface area contributed by atoms with Gasteiger partial charge in [-0.3, -0.25) is 18.5 Å². The SMILES string of the molecule is Clc1ncc(Br)c(Cl)n1.Cn1cc(-c2ccc(N)c(P(C)(C)=O)c2)c(C#N)n1.Cn1cc(-c2ccc(Nc3nc(Cl)ncc3Br)c(P(C)(C)=O)c2)c(C#N)n1.O=CO[O-].[2H]CF.[H-].[K+].[K+]. The molecular formula is C36H36Br2Cl3FK2N12O5P2. The molecule has 6 rings (SSSR count). The van der Waals surface area contributed by atoms with Gasteiger partial charge >= 0.3 is 103 Å². The number of nitrogens with zero attached hydrogens (tertiary/aromatic N) is 10. The van der Waals surface area contributed by atoms with E-state index < -0.39 is 21.4 Å². The Hall–Kier alpha value is -1.48. The first-order valence-corrected chi connectivity index (χ1v) is 24.4. The van der Waals surface area contributed by atoms with Crippen molar-refractivity contribution < 1.29 is 134 Å². The zero-order valence-corrected chi connectivity index (χ0v) is 48.3. The third-order valence-corrected chi connectivity index (χ3v) is 12.5. The van der Waals surface area contributed by atoms with Gasteiger partial charge in [-0.25, -0.2) is 15.0 Å². The zero-order valence-electron chi connectivity index (χ0n) is 36.8. The van der Waals surface area contributed by atoms with Gasteiger partial charge < -0.3 is 31.8 Å². The number of carbonyl (C=O) groups excluding carboxylic acids is 1. The van der Waals surface area contributed by atoms with Crippen molar-refractivity contribution in [2.45, 2.75) is 0 Å². The Balaban J connectivity index is 0. The molecule has 17 nitrogen and oxygen atoms in total. The molecule has 0 fully saturated rings. The summed E-state index contributed by atoms with van der Waals surface area (Å²) >= 11 is 23.3. The molecule has 0 aliphatic rings. The fraction of sp³-hybridized carbons (Fsp3) is 0.194. The molecule has 27 heteroatoms. The molecule has 4 heterocycles. The first-order chi connectivity index (χ1) is 29.0.